The lowest BCUT2D eigenvalue weighted by molar-refractivity contribution is 0.449. The Balaban J connectivity index is 2.06. The van der Waals surface area contributed by atoms with Gasteiger partial charge in [-0.05, 0) is 32.6 Å². The Hall–Kier alpha value is -1.16. The molecule has 1 atom stereocenters. The van der Waals surface area contributed by atoms with Crippen LogP contribution in [0.4, 0.5) is 5.82 Å². The van der Waals surface area contributed by atoms with E-state index in [1.807, 2.05) is 6.92 Å². The molecule has 1 aliphatic rings. The predicted molar refractivity (Wildman–Crippen MR) is 87.7 cm³/mol. The van der Waals surface area contributed by atoms with Gasteiger partial charge in [-0.3, -0.25) is 0 Å². The van der Waals surface area contributed by atoms with Crippen molar-refractivity contribution in [3.63, 3.8) is 0 Å². The number of benzene rings is 1. The Morgan fingerprint density at radius 1 is 1.20 bits per heavy atom. The molecule has 1 unspecified atom stereocenters. The van der Waals surface area contributed by atoms with Crippen molar-refractivity contribution in [2.45, 2.75) is 38.6 Å². The average Bonchev–Trinajstić information content (AvgIpc) is 2.49. The van der Waals surface area contributed by atoms with Crippen LogP contribution < -0.4 is 4.90 Å². The van der Waals surface area contributed by atoms with E-state index >= 15 is 0 Å². The Labute approximate surface area is 128 Å². The van der Waals surface area contributed by atoms with E-state index in [2.05, 4.69) is 55.3 Å². The van der Waals surface area contributed by atoms with E-state index in [1.54, 1.807) is 0 Å². The van der Waals surface area contributed by atoms with Crippen LogP contribution in [0.5, 0.6) is 0 Å². The third kappa shape index (κ3) is 2.53. The normalized spacial score (nSPS) is 19.5. The molecule has 106 valence electrons. The maximum absolute atomic E-state index is 4.52. The van der Waals surface area contributed by atoms with Gasteiger partial charge in [0.1, 0.15) is 0 Å². The highest BCUT2D eigenvalue weighted by atomic mass is 79.9. The molecule has 20 heavy (non-hydrogen) atoms. The van der Waals surface area contributed by atoms with E-state index in [9.17, 15) is 0 Å². The largest absolute Gasteiger partial charge is 0.352 e. The molecule has 3 rings (SSSR count). The number of piperidine rings is 1. The number of aryl methyl sites for hydroxylation is 1. The van der Waals surface area contributed by atoms with Crippen molar-refractivity contribution in [1.82, 2.24) is 10.2 Å². The van der Waals surface area contributed by atoms with E-state index in [4.69, 9.17) is 0 Å². The fraction of sp³-hybridized carbons (Fsp3) is 0.500. The standard InChI is InChI=1S/C16H20BrN3/c1-12-14-7-2-3-8-15(14)16(19-18-12)20-11-5-4-6-13(20)9-10-17/h2-3,7-8,13H,4-6,9-11H2,1H3. The third-order valence-electron chi connectivity index (χ3n) is 4.19. The molecule has 2 aromatic rings. The summed E-state index contributed by atoms with van der Waals surface area (Å²) in [7, 11) is 0. The van der Waals surface area contributed by atoms with Crippen LogP contribution in [0.1, 0.15) is 31.4 Å². The van der Waals surface area contributed by atoms with Gasteiger partial charge in [0.2, 0.25) is 0 Å². The second-order valence-corrected chi connectivity index (χ2v) is 6.27. The van der Waals surface area contributed by atoms with Crippen molar-refractivity contribution < 1.29 is 0 Å². The number of halogens is 1. The van der Waals surface area contributed by atoms with Crippen molar-refractivity contribution in [2.75, 3.05) is 16.8 Å². The topological polar surface area (TPSA) is 29.0 Å². The number of alkyl halides is 1. The highest BCUT2D eigenvalue weighted by Crippen LogP contribution is 2.31. The molecule has 2 heterocycles. The molecule has 0 spiro atoms. The summed E-state index contributed by atoms with van der Waals surface area (Å²) in [5.74, 6) is 1.07. The predicted octanol–water partition coefficient (Wildman–Crippen LogP) is 4.08. The van der Waals surface area contributed by atoms with Crippen molar-refractivity contribution in [3.8, 4) is 0 Å². The fourth-order valence-electron chi connectivity index (χ4n) is 3.14. The molecule has 1 saturated heterocycles. The zero-order valence-electron chi connectivity index (χ0n) is 11.8. The van der Waals surface area contributed by atoms with E-state index in [0.717, 1.165) is 23.4 Å². The summed E-state index contributed by atoms with van der Waals surface area (Å²) in [5, 5.41) is 12.4. The van der Waals surface area contributed by atoms with Gasteiger partial charge in [0.05, 0.1) is 5.69 Å². The number of fused-ring (bicyclic) bond motifs is 1. The Bertz CT molecular complexity index is 597. The summed E-state index contributed by atoms with van der Waals surface area (Å²) in [6.07, 6.45) is 5.01. The van der Waals surface area contributed by atoms with Crippen LogP contribution in [0.2, 0.25) is 0 Å². The summed E-state index contributed by atoms with van der Waals surface area (Å²) < 4.78 is 0. The first-order chi connectivity index (χ1) is 9.81. The molecule has 1 aromatic heterocycles. The van der Waals surface area contributed by atoms with E-state index in [1.165, 1.54) is 36.5 Å². The van der Waals surface area contributed by atoms with Crippen molar-refractivity contribution in [2.24, 2.45) is 0 Å². The summed E-state index contributed by atoms with van der Waals surface area (Å²) in [6, 6.07) is 9.07. The van der Waals surface area contributed by atoms with Gasteiger partial charge in [-0.1, -0.05) is 40.2 Å². The van der Waals surface area contributed by atoms with Gasteiger partial charge in [-0.15, -0.1) is 5.10 Å². The number of rotatable bonds is 3. The minimum Gasteiger partial charge on any atom is -0.352 e. The molecule has 1 fully saturated rings. The lowest BCUT2D eigenvalue weighted by atomic mass is 9.99. The molecule has 1 aliphatic heterocycles. The molecule has 0 saturated carbocycles. The van der Waals surface area contributed by atoms with Crippen molar-refractivity contribution >= 4 is 32.5 Å². The first kappa shape index (κ1) is 13.8. The first-order valence-electron chi connectivity index (χ1n) is 7.36. The SMILES string of the molecule is Cc1nnc(N2CCCCC2CCBr)c2ccccc12. The van der Waals surface area contributed by atoms with Crippen LogP contribution in [-0.2, 0) is 0 Å². The average molecular weight is 334 g/mol. The zero-order chi connectivity index (χ0) is 13.9. The third-order valence-corrected chi connectivity index (χ3v) is 4.65. The summed E-state index contributed by atoms with van der Waals surface area (Å²) in [5.41, 5.74) is 1.01. The second-order valence-electron chi connectivity index (χ2n) is 5.48. The molecule has 1 aromatic carbocycles. The highest BCUT2D eigenvalue weighted by molar-refractivity contribution is 9.09. The zero-order valence-corrected chi connectivity index (χ0v) is 13.4. The van der Waals surface area contributed by atoms with E-state index < -0.39 is 0 Å². The lowest BCUT2D eigenvalue weighted by Gasteiger charge is -2.36. The van der Waals surface area contributed by atoms with Gasteiger partial charge < -0.3 is 4.90 Å². The van der Waals surface area contributed by atoms with E-state index in [-0.39, 0.29) is 0 Å². The maximum atomic E-state index is 4.52. The Kier molecular flexibility index (Phi) is 4.20. The monoisotopic (exact) mass is 333 g/mol. The molecular weight excluding hydrogens is 314 g/mol. The van der Waals surface area contributed by atoms with Gasteiger partial charge in [0.15, 0.2) is 5.82 Å². The maximum Gasteiger partial charge on any atom is 0.159 e. The van der Waals surface area contributed by atoms with Crippen LogP contribution in [0.15, 0.2) is 24.3 Å². The van der Waals surface area contributed by atoms with Crippen LogP contribution in [0, 0.1) is 6.92 Å². The smallest absolute Gasteiger partial charge is 0.159 e. The molecule has 0 aliphatic carbocycles. The van der Waals surface area contributed by atoms with Crippen LogP contribution in [-0.4, -0.2) is 28.1 Å². The number of hydrogen-bond donors (Lipinski definition) is 0. The number of hydrogen-bond acceptors (Lipinski definition) is 3. The molecule has 0 radical (unpaired) electrons. The van der Waals surface area contributed by atoms with Gasteiger partial charge in [0, 0.05) is 28.7 Å². The van der Waals surface area contributed by atoms with Crippen LogP contribution in [0.25, 0.3) is 10.8 Å². The van der Waals surface area contributed by atoms with Crippen molar-refractivity contribution in [3.05, 3.63) is 30.0 Å². The van der Waals surface area contributed by atoms with Crippen LogP contribution in [0.3, 0.4) is 0 Å². The molecule has 4 heteroatoms. The van der Waals surface area contributed by atoms with Crippen molar-refractivity contribution in [1.29, 1.82) is 0 Å². The van der Waals surface area contributed by atoms with Gasteiger partial charge in [0.25, 0.3) is 0 Å². The highest BCUT2D eigenvalue weighted by Gasteiger charge is 2.25. The summed E-state index contributed by atoms with van der Waals surface area (Å²) in [6.45, 7) is 3.13. The summed E-state index contributed by atoms with van der Waals surface area (Å²) in [4.78, 5) is 2.47. The van der Waals surface area contributed by atoms with Crippen LogP contribution >= 0.6 is 15.9 Å². The molecular formula is C16H20BrN3. The van der Waals surface area contributed by atoms with Gasteiger partial charge in [-0.2, -0.15) is 5.10 Å². The Morgan fingerprint density at radius 3 is 2.80 bits per heavy atom. The van der Waals surface area contributed by atoms with Gasteiger partial charge >= 0.3 is 0 Å². The molecule has 0 amide bonds. The number of anilines is 1. The molecule has 3 nitrogen and oxygen atoms in total. The number of aromatic nitrogens is 2. The summed E-state index contributed by atoms with van der Waals surface area (Å²) >= 11 is 3.58. The number of nitrogens with zero attached hydrogens (tertiary/aromatic N) is 3. The minimum atomic E-state index is 0.587. The Morgan fingerprint density at radius 2 is 2.00 bits per heavy atom. The lowest BCUT2D eigenvalue weighted by Crippen LogP contribution is -2.40. The fourth-order valence-corrected chi connectivity index (χ4v) is 3.67. The van der Waals surface area contributed by atoms with Gasteiger partial charge in [-0.25, -0.2) is 0 Å². The molecule has 0 bridgehead atoms. The second kappa shape index (κ2) is 6.08. The molecule has 0 N–H and O–H groups in total. The minimum absolute atomic E-state index is 0.587. The first-order valence-corrected chi connectivity index (χ1v) is 8.48. The quantitative estimate of drug-likeness (QED) is 0.792. The van der Waals surface area contributed by atoms with E-state index in [0.29, 0.717) is 6.04 Å².